The van der Waals surface area contributed by atoms with Gasteiger partial charge in [-0.3, -0.25) is 4.79 Å². The summed E-state index contributed by atoms with van der Waals surface area (Å²) in [5.74, 6) is -3.92. The Balaban J connectivity index is 2.88. The zero-order valence-corrected chi connectivity index (χ0v) is 10.9. The van der Waals surface area contributed by atoms with Crippen molar-refractivity contribution in [3.8, 4) is 0 Å². The van der Waals surface area contributed by atoms with Crippen LogP contribution in [0, 0.1) is 6.92 Å². The second-order valence-electron chi connectivity index (χ2n) is 3.97. The highest BCUT2D eigenvalue weighted by atomic mass is 35.5. The molecule has 1 rings (SSSR count). The quantitative estimate of drug-likeness (QED) is 0.830. The Morgan fingerprint density at radius 1 is 1.45 bits per heavy atom. The van der Waals surface area contributed by atoms with Crippen LogP contribution in [0.1, 0.15) is 11.3 Å². The molecule has 0 spiro atoms. The molecule has 1 amide bonds. The number of nitrogens with zero attached hydrogens (tertiary/aromatic N) is 1. The molecular weight excluding hydrogens is 301 g/mol. The van der Waals surface area contributed by atoms with Crippen LogP contribution in [-0.2, 0) is 16.0 Å². The van der Waals surface area contributed by atoms with E-state index in [2.05, 4.69) is 4.98 Å². The normalized spacial score (nSPS) is 12.8. The lowest BCUT2D eigenvalue weighted by atomic mass is 10.1. The maximum Gasteiger partial charge on any atom is 0.471 e. The molecule has 0 radical (unpaired) electrons. The molecule has 110 valence electrons. The SMILES string of the molecule is Cc1ccc(CC(NC(=O)C(F)(F)F)C(=O)O)c(Cl)n1. The zero-order valence-electron chi connectivity index (χ0n) is 10.2. The van der Waals surface area contributed by atoms with Gasteiger partial charge in [-0.15, -0.1) is 0 Å². The summed E-state index contributed by atoms with van der Waals surface area (Å²) < 4.78 is 36.3. The average Bonchev–Trinajstić information content (AvgIpc) is 2.29. The van der Waals surface area contributed by atoms with Gasteiger partial charge < -0.3 is 10.4 Å². The first kappa shape index (κ1) is 16.2. The van der Waals surface area contributed by atoms with E-state index in [-0.39, 0.29) is 10.7 Å². The minimum absolute atomic E-state index is 0.0162. The Bertz CT molecular complexity index is 534. The molecule has 0 saturated carbocycles. The molecule has 1 heterocycles. The third-order valence-electron chi connectivity index (χ3n) is 2.35. The predicted octanol–water partition coefficient (Wildman–Crippen LogP) is 1.72. The van der Waals surface area contributed by atoms with E-state index in [9.17, 15) is 22.8 Å². The van der Waals surface area contributed by atoms with Gasteiger partial charge in [0.2, 0.25) is 0 Å². The van der Waals surface area contributed by atoms with Crippen LogP contribution in [0.2, 0.25) is 5.15 Å². The Morgan fingerprint density at radius 2 is 2.05 bits per heavy atom. The molecule has 0 saturated heterocycles. The van der Waals surface area contributed by atoms with E-state index >= 15 is 0 Å². The lowest BCUT2D eigenvalue weighted by Gasteiger charge is -2.16. The first-order chi connectivity index (χ1) is 9.11. The van der Waals surface area contributed by atoms with Crippen LogP contribution in [-0.4, -0.2) is 34.2 Å². The number of rotatable bonds is 4. The van der Waals surface area contributed by atoms with Crippen LogP contribution in [0.3, 0.4) is 0 Å². The lowest BCUT2D eigenvalue weighted by Crippen LogP contribution is -2.47. The number of aromatic nitrogens is 1. The number of aliphatic carboxylic acids is 1. The number of aryl methyl sites for hydroxylation is 1. The van der Waals surface area contributed by atoms with Crippen molar-refractivity contribution in [1.82, 2.24) is 10.3 Å². The summed E-state index contributed by atoms with van der Waals surface area (Å²) in [6.07, 6.45) is -5.55. The van der Waals surface area contributed by atoms with E-state index in [1.807, 2.05) is 0 Å². The topological polar surface area (TPSA) is 79.3 Å². The number of carbonyl (C=O) groups excluding carboxylic acids is 1. The summed E-state index contributed by atoms with van der Waals surface area (Å²) in [6.45, 7) is 1.65. The average molecular weight is 311 g/mol. The fraction of sp³-hybridized carbons (Fsp3) is 0.364. The molecule has 0 bridgehead atoms. The van der Waals surface area contributed by atoms with Crippen LogP contribution in [0.5, 0.6) is 0 Å². The van der Waals surface area contributed by atoms with Crippen LogP contribution >= 0.6 is 11.6 Å². The monoisotopic (exact) mass is 310 g/mol. The summed E-state index contributed by atoms with van der Waals surface area (Å²) in [6, 6.07) is 1.23. The maximum absolute atomic E-state index is 12.1. The van der Waals surface area contributed by atoms with Crippen molar-refractivity contribution in [2.75, 3.05) is 0 Å². The summed E-state index contributed by atoms with van der Waals surface area (Å²) in [7, 11) is 0. The molecule has 0 aliphatic carbocycles. The van der Waals surface area contributed by atoms with Gasteiger partial charge in [-0.2, -0.15) is 13.2 Å². The van der Waals surface area contributed by atoms with E-state index in [4.69, 9.17) is 16.7 Å². The summed E-state index contributed by atoms with van der Waals surface area (Å²) in [5.41, 5.74) is 0.803. The zero-order chi connectivity index (χ0) is 15.5. The van der Waals surface area contributed by atoms with Crippen molar-refractivity contribution in [3.63, 3.8) is 0 Å². The third-order valence-corrected chi connectivity index (χ3v) is 2.68. The standard InChI is InChI=1S/C11H10ClF3N2O3/c1-5-2-3-6(8(12)16-5)4-7(9(18)19)17-10(20)11(13,14)15/h2-3,7H,4H2,1H3,(H,17,20)(H,18,19). The van der Waals surface area contributed by atoms with Gasteiger partial charge in [0, 0.05) is 12.1 Å². The first-order valence-electron chi connectivity index (χ1n) is 5.33. The fourth-order valence-corrected chi connectivity index (χ4v) is 1.64. The van der Waals surface area contributed by atoms with Gasteiger partial charge in [-0.1, -0.05) is 17.7 Å². The lowest BCUT2D eigenvalue weighted by molar-refractivity contribution is -0.175. The van der Waals surface area contributed by atoms with E-state index in [1.165, 1.54) is 17.4 Å². The Kier molecular flexibility index (Phi) is 4.93. The molecular formula is C11H10ClF3N2O3. The number of hydrogen-bond acceptors (Lipinski definition) is 3. The van der Waals surface area contributed by atoms with Crippen LogP contribution in [0.25, 0.3) is 0 Å². The Morgan fingerprint density at radius 3 is 2.50 bits per heavy atom. The van der Waals surface area contributed by atoms with Crippen molar-refractivity contribution < 1.29 is 27.9 Å². The molecule has 1 aromatic rings. The number of carboxylic acids is 1. The largest absolute Gasteiger partial charge is 0.480 e. The number of hydrogen-bond donors (Lipinski definition) is 2. The van der Waals surface area contributed by atoms with Crippen LogP contribution < -0.4 is 5.32 Å². The van der Waals surface area contributed by atoms with Crippen molar-refractivity contribution >= 4 is 23.5 Å². The van der Waals surface area contributed by atoms with E-state index in [0.29, 0.717) is 5.69 Å². The maximum atomic E-state index is 12.1. The summed E-state index contributed by atoms with van der Waals surface area (Å²) in [5, 5.41) is 10.2. The fourth-order valence-electron chi connectivity index (χ4n) is 1.37. The Labute approximate surface area is 116 Å². The van der Waals surface area contributed by atoms with Crippen molar-refractivity contribution in [1.29, 1.82) is 0 Å². The van der Waals surface area contributed by atoms with Gasteiger partial charge in [-0.05, 0) is 18.6 Å². The van der Waals surface area contributed by atoms with Gasteiger partial charge in [0.05, 0.1) is 0 Å². The number of amides is 1. The third kappa shape index (κ3) is 4.37. The molecule has 0 fully saturated rings. The Hall–Kier alpha value is -1.83. The first-order valence-corrected chi connectivity index (χ1v) is 5.71. The number of nitrogens with one attached hydrogen (secondary N) is 1. The molecule has 2 N–H and O–H groups in total. The second-order valence-corrected chi connectivity index (χ2v) is 4.33. The van der Waals surface area contributed by atoms with E-state index < -0.39 is 30.5 Å². The molecule has 0 aliphatic heterocycles. The molecule has 0 aliphatic rings. The van der Waals surface area contributed by atoms with Gasteiger partial charge in [0.25, 0.3) is 0 Å². The predicted molar refractivity (Wildman–Crippen MR) is 63.3 cm³/mol. The van der Waals surface area contributed by atoms with Crippen molar-refractivity contribution in [2.24, 2.45) is 0 Å². The molecule has 20 heavy (non-hydrogen) atoms. The van der Waals surface area contributed by atoms with Crippen LogP contribution in [0.4, 0.5) is 13.2 Å². The highest BCUT2D eigenvalue weighted by molar-refractivity contribution is 6.30. The molecule has 0 aromatic carbocycles. The number of carboxylic acid groups (broad SMARTS) is 1. The molecule has 9 heteroatoms. The minimum Gasteiger partial charge on any atom is -0.480 e. The minimum atomic E-state index is -5.15. The molecule has 1 atom stereocenters. The summed E-state index contributed by atoms with van der Waals surface area (Å²) >= 11 is 5.77. The van der Waals surface area contributed by atoms with Crippen molar-refractivity contribution in [3.05, 3.63) is 28.5 Å². The smallest absolute Gasteiger partial charge is 0.471 e. The van der Waals surface area contributed by atoms with Gasteiger partial charge >= 0.3 is 18.1 Å². The highest BCUT2D eigenvalue weighted by Gasteiger charge is 2.40. The number of carbonyl (C=O) groups is 2. The van der Waals surface area contributed by atoms with Crippen LogP contribution in [0.15, 0.2) is 12.1 Å². The van der Waals surface area contributed by atoms with E-state index in [1.54, 1.807) is 6.92 Å². The number of pyridine rings is 1. The molecule has 5 nitrogen and oxygen atoms in total. The number of alkyl halides is 3. The highest BCUT2D eigenvalue weighted by Crippen LogP contribution is 2.18. The summed E-state index contributed by atoms with van der Waals surface area (Å²) in [4.78, 5) is 25.5. The molecule has 1 unspecified atom stereocenters. The second kappa shape index (κ2) is 6.08. The van der Waals surface area contributed by atoms with Gasteiger partial charge in [0.1, 0.15) is 11.2 Å². The van der Waals surface area contributed by atoms with Gasteiger partial charge in [0.15, 0.2) is 0 Å². The number of halogens is 4. The van der Waals surface area contributed by atoms with E-state index in [0.717, 1.165) is 0 Å². The molecule has 1 aromatic heterocycles. The van der Waals surface area contributed by atoms with Gasteiger partial charge in [-0.25, -0.2) is 9.78 Å². The van der Waals surface area contributed by atoms with Crippen molar-refractivity contribution in [2.45, 2.75) is 25.6 Å².